The number of hydrogen-bond donors (Lipinski definition) is 1. The maximum absolute atomic E-state index is 4.69. The van der Waals surface area contributed by atoms with Gasteiger partial charge in [-0.3, -0.25) is 0 Å². The Morgan fingerprint density at radius 2 is 1.24 bits per heavy atom. The first-order valence-electron chi connectivity index (χ1n) is 11.0. The van der Waals surface area contributed by atoms with Crippen molar-refractivity contribution in [2.75, 3.05) is 5.75 Å². The van der Waals surface area contributed by atoms with E-state index < -0.39 is 0 Å². The van der Waals surface area contributed by atoms with Crippen molar-refractivity contribution in [3.8, 4) is 0 Å². The zero-order chi connectivity index (χ0) is 18.2. The molecule has 0 aliphatic heterocycles. The van der Waals surface area contributed by atoms with E-state index in [1.54, 1.807) is 0 Å². The van der Waals surface area contributed by atoms with Crippen molar-refractivity contribution in [1.82, 2.24) is 0 Å². The van der Waals surface area contributed by atoms with Gasteiger partial charge in [0.05, 0.1) is 0 Å². The lowest BCUT2D eigenvalue weighted by atomic mass is 9.81. The van der Waals surface area contributed by atoms with Gasteiger partial charge in [0, 0.05) is 0 Å². The topological polar surface area (TPSA) is 0 Å². The molecule has 1 rings (SSSR count). The molecule has 0 spiro atoms. The second-order valence-electron chi connectivity index (χ2n) is 7.72. The van der Waals surface area contributed by atoms with Crippen molar-refractivity contribution in [2.45, 2.75) is 103 Å². The Labute approximate surface area is 163 Å². The molecule has 0 N–H and O–H groups in total. The van der Waals surface area contributed by atoms with Crippen molar-refractivity contribution in [3.63, 3.8) is 0 Å². The maximum Gasteiger partial charge on any atom is -0.00262 e. The van der Waals surface area contributed by atoms with Gasteiger partial charge in [-0.25, -0.2) is 0 Å². The summed E-state index contributed by atoms with van der Waals surface area (Å²) in [5, 5.41) is 0. The van der Waals surface area contributed by atoms with Crippen LogP contribution in [0.4, 0.5) is 0 Å². The zero-order valence-corrected chi connectivity index (χ0v) is 17.8. The molecule has 0 aliphatic rings. The van der Waals surface area contributed by atoms with Gasteiger partial charge in [0.15, 0.2) is 0 Å². The fraction of sp³-hybridized carbons (Fsp3) is 0.750. The van der Waals surface area contributed by atoms with Crippen LogP contribution in [-0.4, -0.2) is 5.75 Å². The molecule has 0 saturated carbocycles. The third-order valence-electron chi connectivity index (χ3n) is 5.58. The Balaban J connectivity index is 2.22. The van der Waals surface area contributed by atoms with Gasteiger partial charge in [0.25, 0.3) is 0 Å². The lowest BCUT2D eigenvalue weighted by Crippen LogP contribution is -2.15. The summed E-state index contributed by atoms with van der Waals surface area (Å²) in [5.41, 5.74) is 1.49. The predicted octanol–water partition coefficient (Wildman–Crippen LogP) is 8.43. The minimum atomic E-state index is 0.628. The summed E-state index contributed by atoms with van der Waals surface area (Å²) in [7, 11) is 0. The highest BCUT2D eigenvalue weighted by Crippen LogP contribution is 2.33. The molecule has 2 unspecified atom stereocenters. The molecule has 0 amide bonds. The Hall–Kier alpha value is -0.430. The van der Waals surface area contributed by atoms with Gasteiger partial charge in [0.1, 0.15) is 0 Å². The smallest absolute Gasteiger partial charge is 0.00262 e. The van der Waals surface area contributed by atoms with Crippen LogP contribution in [0.25, 0.3) is 0 Å². The van der Waals surface area contributed by atoms with Gasteiger partial charge < -0.3 is 0 Å². The Morgan fingerprint density at radius 3 is 1.76 bits per heavy atom. The molecule has 0 aliphatic carbocycles. The van der Waals surface area contributed by atoms with Crippen LogP contribution in [0.3, 0.4) is 0 Å². The van der Waals surface area contributed by atoms with Crippen LogP contribution in [0.1, 0.15) is 109 Å². The number of thiol groups is 1. The molecule has 1 aromatic carbocycles. The van der Waals surface area contributed by atoms with Gasteiger partial charge >= 0.3 is 0 Å². The minimum Gasteiger partial charge on any atom is -0.179 e. The largest absolute Gasteiger partial charge is 0.179 e. The molecular weight excluding hydrogens is 320 g/mol. The quantitative estimate of drug-likeness (QED) is 0.221. The van der Waals surface area contributed by atoms with E-state index in [0.717, 1.165) is 11.7 Å². The summed E-state index contributed by atoms with van der Waals surface area (Å²) in [4.78, 5) is 0. The molecule has 0 nitrogen and oxygen atoms in total. The molecule has 0 saturated heterocycles. The van der Waals surface area contributed by atoms with Crippen molar-refractivity contribution in [1.29, 1.82) is 0 Å². The monoisotopic (exact) mass is 362 g/mol. The highest BCUT2D eigenvalue weighted by molar-refractivity contribution is 7.80. The van der Waals surface area contributed by atoms with Gasteiger partial charge in [-0.1, -0.05) is 121 Å². The molecule has 25 heavy (non-hydrogen) atoms. The van der Waals surface area contributed by atoms with Crippen LogP contribution in [0.15, 0.2) is 30.3 Å². The van der Waals surface area contributed by atoms with Gasteiger partial charge in [-0.15, -0.1) is 0 Å². The Bertz CT molecular complexity index is 386. The molecular formula is C24H42S. The first-order chi connectivity index (χ1) is 12.3. The van der Waals surface area contributed by atoms with Crippen molar-refractivity contribution in [3.05, 3.63) is 35.9 Å². The SMILES string of the molecule is CCCCCCCCCCCCC(CCC)C(CS)c1ccccc1. The predicted molar refractivity (Wildman–Crippen MR) is 118 cm³/mol. The fourth-order valence-corrected chi connectivity index (χ4v) is 4.55. The highest BCUT2D eigenvalue weighted by Gasteiger charge is 2.20. The lowest BCUT2D eigenvalue weighted by Gasteiger charge is -2.26. The highest BCUT2D eigenvalue weighted by atomic mass is 32.1. The Morgan fingerprint density at radius 1 is 0.680 bits per heavy atom. The van der Waals surface area contributed by atoms with Gasteiger partial charge in [-0.2, -0.15) is 12.6 Å². The summed E-state index contributed by atoms with van der Waals surface area (Å²) in [6.45, 7) is 4.62. The Kier molecular flexibility index (Phi) is 14.3. The second kappa shape index (κ2) is 15.8. The maximum atomic E-state index is 4.69. The molecule has 1 heteroatoms. The van der Waals surface area contributed by atoms with E-state index in [4.69, 9.17) is 0 Å². The van der Waals surface area contributed by atoms with Crippen LogP contribution in [0.2, 0.25) is 0 Å². The summed E-state index contributed by atoms with van der Waals surface area (Å²) in [6, 6.07) is 11.1. The fourth-order valence-electron chi connectivity index (χ4n) is 4.04. The number of rotatable bonds is 16. The standard InChI is InChI=1S/C24H42S/c1-3-5-6-7-8-9-10-11-12-14-18-22(17-4-2)24(21-25)23-19-15-13-16-20-23/h13,15-16,19-20,22,24-25H,3-12,14,17-18,21H2,1-2H3. The number of unbranched alkanes of at least 4 members (excludes halogenated alkanes) is 9. The average molecular weight is 363 g/mol. The summed E-state index contributed by atoms with van der Waals surface area (Å²) >= 11 is 4.69. The van der Waals surface area contributed by atoms with Crippen LogP contribution >= 0.6 is 12.6 Å². The number of hydrogen-bond acceptors (Lipinski definition) is 1. The van der Waals surface area contributed by atoms with Crippen LogP contribution in [-0.2, 0) is 0 Å². The molecule has 0 heterocycles. The first kappa shape index (κ1) is 22.6. The van der Waals surface area contributed by atoms with E-state index >= 15 is 0 Å². The van der Waals surface area contributed by atoms with Gasteiger partial charge in [-0.05, 0) is 29.6 Å². The van der Waals surface area contributed by atoms with Gasteiger partial charge in [0.2, 0.25) is 0 Å². The minimum absolute atomic E-state index is 0.628. The summed E-state index contributed by atoms with van der Waals surface area (Å²) in [5.74, 6) is 2.41. The zero-order valence-electron chi connectivity index (χ0n) is 16.9. The molecule has 0 radical (unpaired) electrons. The van der Waals surface area contributed by atoms with E-state index in [1.807, 2.05) is 0 Å². The van der Waals surface area contributed by atoms with E-state index in [0.29, 0.717) is 5.92 Å². The summed E-state index contributed by atoms with van der Waals surface area (Å²) < 4.78 is 0. The van der Waals surface area contributed by atoms with Crippen molar-refractivity contribution in [2.24, 2.45) is 5.92 Å². The number of benzene rings is 1. The third kappa shape index (κ3) is 10.3. The summed E-state index contributed by atoms with van der Waals surface area (Å²) in [6.07, 6.45) is 18.3. The lowest BCUT2D eigenvalue weighted by molar-refractivity contribution is 0.370. The molecule has 0 fully saturated rings. The van der Waals surface area contributed by atoms with Crippen LogP contribution < -0.4 is 0 Å². The second-order valence-corrected chi connectivity index (χ2v) is 8.08. The third-order valence-corrected chi connectivity index (χ3v) is 5.97. The van der Waals surface area contributed by atoms with Crippen molar-refractivity contribution < 1.29 is 0 Å². The molecule has 1 aromatic rings. The van der Waals surface area contributed by atoms with Crippen molar-refractivity contribution >= 4 is 12.6 Å². The van der Waals surface area contributed by atoms with E-state index in [-0.39, 0.29) is 0 Å². The molecule has 0 bridgehead atoms. The average Bonchev–Trinajstić information content (AvgIpc) is 2.64. The molecule has 0 aromatic heterocycles. The van der Waals surface area contributed by atoms with E-state index in [1.165, 1.54) is 89.0 Å². The first-order valence-corrected chi connectivity index (χ1v) is 11.6. The molecule has 2 atom stereocenters. The van der Waals surface area contributed by atoms with Crippen LogP contribution in [0, 0.1) is 5.92 Å². The van der Waals surface area contributed by atoms with Crippen LogP contribution in [0.5, 0.6) is 0 Å². The normalized spacial score (nSPS) is 13.7. The van der Waals surface area contributed by atoms with E-state index in [9.17, 15) is 0 Å². The van der Waals surface area contributed by atoms with E-state index in [2.05, 4.69) is 56.8 Å². The molecule has 144 valence electrons.